The van der Waals surface area contributed by atoms with E-state index in [2.05, 4.69) is 39.8 Å². The number of hydrogen-bond acceptors (Lipinski definition) is 2. The highest BCUT2D eigenvalue weighted by Gasteiger charge is 2.10. The summed E-state index contributed by atoms with van der Waals surface area (Å²) in [7, 11) is 1.73. The number of pyridine rings is 1. The number of aliphatic imine (C=N–C) groups is 1. The van der Waals surface area contributed by atoms with Crippen molar-refractivity contribution in [3.63, 3.8) is 0 Å². The molecule has 0 aliphatic heterocycles. The summed E-state index contributed by atoms with van der Waals surface area (Å²) in [6.07, 6.45) is 4.85. The number of nitrogens with zero attached hydrogens (tertiary/aromatic N) is 3. The lowest BCUT2D eigenvalue weighted by atomic mass is 10.1. The van der Waals surface area contributed by atoms with Gasteiger partial charge in [-0.2, -0.15) is 0 Å². The molecule has 0 amide bonds. The van der Waals surface area contributed by atoms with E-state index in [0.29, 0.717) is 18.1 Å². The van der Waals surface area contributed by atoms with Gasteiger partial charge in [-0.3, -0.25) is 4.99 Å². The van der Waals surface area contributed by atoms with Crippen LogP contribution in [0.2, 0.25) is 0 Å². The van der Waals surface area contributed by atoms with Gasteiger partial charge in [0.25, 0.3) is 0 Å². The smallest absolute Gasteiger partial charge is 0.191 e. The maximum atomic E-state index is 13.8. The monoisotopic (exact) mass is 495 g/mol. The third-order valence-corrected chi connectivity index (χ3v) is 4.67. The van der Waals surface area contributed by atoms with Crippen LogP contribution in [0.4, 0.5) is 4.39 Å². The summed E-state index contributed by atoms with van der Waals surface area (Å²) in [4.78, 5) is 8.94. The average molecular weight is 495 g/mol. The number of rotatable bonds is 5. The Kier molecular flexibility index (Phi) is 7.79. The Balaban J connectivity index is 0.00000280. The van der Waals surface area contributed by atoms with Crippen LogP contribution < -0.4 is 10.6 Å². The van der Waals surface area contributed by atoms with Crippen LogP contribution in [0, 0.1) is 19.7 Å². The van der Waals surface area contributed by atoms with Crippen molar-refractivity contribution in [1.29, 1.82) is 0 Å². The molecule has 1 atom stereocenters. The average Bonchev–Trinajstić information content (AvgIpc) is 3.07. The van der Waals surface area contributed by atoms with Gasteiger partial charge in [-0.25, -0.2) is 9.37 Å². The number of guanidine groups is 1. The van der Waals surface area contributed by atoms with Gasteiger partial charge in [-0.15, -0.1) is 24.0 Å². The van der Waals surface area contributed by atoms with Crippen LogP contribution in [-0.2, 0) is 6.42 Å². The molecule has 5 nitrogen and oxygen atoms in total. The Bertz CT molecular complexity index is 967. The number of aromatic nitrogens is 2. The fourth-order valence-electron chi connectivity index (χ4n) is 3.00. The second-order valence-corrected chi connectivity index (χ2v) is 6.78. The zero-order valence-electron chi connectivity index (χ0n) is 16.7. The molecule has 2 N–H and O–H groups in total. The first-order valence-corrected chi connectivity index (χ1v) is 9.14. The van der Waals surface area contributed by atoms with E-state index in [4.69, 9.17) is 0 Å². The lowest BCUT2D eigenvalue weighted by molar-refractivity contribution is 0.607. The second-order valence-electron chi connectivity index (χ2n) is 6.78. The van der Waals surface area contributed by atoms with Crippen molar-refractivity contribution in [3.05, 3.63) is 70.9 Å². The standard InChI is InChI=1S/C21H26FN5.HI/c1-14-7-8-17(12-19(14)22)16(3)25-21(23-4)24-10-9-18-13-27-11-5-6-15(2)20(27)26-18;/h5-8,11-13,16H,9-10H2,1-4H3,(H2,23,24,25);1H. The van der Waals surface area contributed by atoms with Gasteiger partial charge in [0.15, 0.2) is 5.96 Å². The predicted molar refractivity (Wildman–Crippen MR) is 123 cm³/mol. The van der Waals surface area contributed by atoms with Gasteiger partial charge in [0.1, 0.15) is 11.5 Å². The summed E-state index contributed by atoms with van der Waals surface area (Å²) in [5, 5.41) is 6.60. The van der Waals surface area contributed by atoms with Crippen LogP contribution in [0.5, 0.6) is 0 Å². The first-order chi connectivity index (χ1) is 13.0. The van der Waals surface area contributed by atoms with E-state index in [-0.39, 0.29) is 35.8 Å². The largest absolute Gasteiger partial charge is 0.356 e. The molecule has 7 heteroatoms. The molecule has 3 rings (SSSR count). The van der Waals surface area contributed by atoms with Crippen molar-refractivity contribution in [3.8, 4) is 0 Å². The molecular weight excluding hydrogens is 468 g/mol. The summed E-state index contributed by atoms with van der Waals surface area (Å²) >= 11 is 0. The highest BCUT2D eigenvalue weighted by Crippen LogP contribution is 2.16. The van der Waals surface area contributed by atoms with Crippen molar-refractivity contribution in [2.45, 2.75) is 33.2 Å². The van der Waals surface area contributed by atoms with Crippen LogP contribution in [0.25, 0.3) is 5.65 Å². The molecule has 0 spiro atoms. The number of nitrogens with one attached hydrogen (secondary N) is 2. The molecular formula is C21H27FIN5. The van der Waals surface area contributed by atoms with E-state index in [1.54, 1.807) is 26.1 Å². The van der Waals surface area contributed by atoms with E-state index >= 15 is 0 Å². The first-order valence-electron chi connectivity index (χ1n) is 9.14. The van der Waals surface area contributed by atoms with Crippen molar-refractivity contribution < 1.29 is 4.39 Å². The Morgan fingerprint density at radius 2 is 2.04 bits per heavy atom. The summed E-state index contributed by atoms with van der Waals surface area (Å²) < 4.78 is 15.8. The SMILES string of the molecule is CN=C(NCCc1cn2cccc(C)c2n1)NC(C)c1ccc(C)c(F)c1.I. The van der Waals surface area contributed by atoms with Gasteiger partial charge in [-0.05, 0) is 49.6 Å². The Hall–Kier alpha value is -2.16. The van der Waals surface area contributed by atoms with Crippen LogP contribution in [-0.4, -0.2) is 28.9 Å². The molecule has 0 aliphatic rings. The van der Waals surface area contributed by atoms with Crippen LogP contribution in [0.3, 0.4) is 0 Å². The number of halogens is 2. The van der Waals surface area contributed by atoms with Crippen LogP contribution >= 0.6 is 24.0 Å². The zero-order valence-corrected chi connectivity index (χ0v) is 19.0. The molecule has 0 fully saturated rings. The van der Waals surface area contributed by atoms with Crippen molar-refractivity contribution in [2.24, 2.45) is 4.99 Å². The minimum Gasteiger partial charge on any atom is -0.356 e. The predicted octanol–water partition coefficient (Wildman–Crippen LogP) is 4.18. The van der Waals surface area contributed by atoms with Gasteiger partial charge >= 0.3 is 0 Å². The summed E-state index contributed by atoms with van der Waals surface area (Å²) in [6.45, 7) is 6.52. The second kappa shape index (κ2) is 9.86. The van der Waals surface area contributed by atoms with Crippen LogP contribution in [0.1, 0.15) is 35.3 Å². The molecule has 0 aliphatic carbocycles. The maximum Gasteiger partial charge on any atom is 0.191 e. The number of hydrogen-bond donors (Lipinski definition) is 2. The summed E-state index contributed by atoms with van der Waals surface area (Å²) in [6, 6.07) is 9.33. The fraction of sp³-hybridized carbons (Fsp3) is 0.333. The molecule has 0 radical (unpaired) electrons. The van der Waals surface area contributed by atoms with Crippen LogP contribution in [0.15, 0.2) is 47.7 Å². The van der Waals surface area contributed by atoms with Crippen molar-refractivity contribution in [1.82, 2.24) is 20.0 Å². The molecule has 3 aromatic rings. The van der Waals surface area contributed by atoms with Crippen molar-refractivity contribution >= 4 is 35.6 Å². The lowest BCUT2D eigenvalue weighted by Gasteiger charge is -2.18. The quantitative estimate of drug-likeness (QED) is 0.318. The van der Waals surface area contributed by atoms with Gasteiger partial charge in [0.05, 0.1) is 11.7 Å². The number of aryl methyl sites for hydroxylation is 2. The van der Waals surface area contributed by atoms with Crippen molar-refractivity contribution in [2.75, 3.05) is 13.6 Å². The molecule has 150 valence electrons. The van der Waals surface area contributed by atoms with Gasteiger partial charge in [-0.1, -0.05) is 18.2 Å². The fourth-order valence-corrected chi connectivity index (χ4v) is 3.00. The topological polar surface area (TPSA) is 53.7 Å². The minimum atomic E-state index is -0.189. The first kappa shape index (κ1) is 22.1. The van der Waals surface area contributed by atoms with E-state index < -0.39 is 0 Å². The Morgan fingerprint density at radius 3 is 2.71 bits per heavy atom. The van der Waals surface area contributed by atoms with E-state index in [1.807, 2.05) is 29.7 Å². The van der Waals surface area contributed by atoms with Gasteiger partial charge in [0.2, 0.25) is 0 Å². The molecule has 0 saturated heterocycles. The molecule has 0 saturated carbocycles. The van der Waals surface area contributed by atoms with E-state index in [0.717, 1.165) is 28.9 Å². The Labute approximate surface area is 182 Å². The highest BCUT2D eigenvalue weighted by atomic mass is 127. The molecule has 1 unspecified atom stereocenters. The molecule has 2 aromatic heterocycles. The molecule has 1 aromatic carbocycles. The highest BCUT2D eigenvalue weighted by molar-refractivity contribution is 14.0. The molecule has 2 heterocycles. The Morgan fingerprint density at radius 1 is 1.25 bits per heavy atom. The summed E-state index contributed by atoms with van der Waals surface area (Å²) in [5.74, 6) is 0.495. The normalized spacial score (nSPS) is 12.5. The molecule has 0 bridgehead atoms. The number of fused-ring (bicyclic) bond motifs is 1. The minimum absolute atomic E-state index is 0. The van der Waals surface area contributed by atoms with E-state index in [9.17, 15) is 4.39 Å². The number of benzene rings is 1. The maximum absolute atomic E-state index is 13.8. The molecule has 28 heavy (non-hydrogen) atoms. The van der Waals surface area contributed by atoms with Gasteiger partial charge in [0, 0.05) is 32.4 Å². The number of imidazole rings is 1. The van der Waals surface area contributed by atoms with Gasteiger partial charge < -0.3 is 15.0 Å². The van der Waals surface area contributed by atoms with E-state index in [1.165, 1.54) is 0 Å². The lowest BCUT2D eigenvalue weighted by Crippen LogP contribution is -2.39. The summed E-state index contributed by atoms with van der Waals surface area (Å²) in [5.41, 5.74) is 4.72. The zero-order chi connectivity index (χ0) is 19.4. The third kappa shape index (κ3) is 5.21. The third-order valence-electron chi connectivity index (χ3n) is 4.67.